The lowest BCUT2D eigenvalue weighted by atomic mass is 9.92. The number of benzene rings is 1. The second kappa shape index (κ2) is 15.3. The lowest BCUT2D eigenvalue weighted by Gasteiger charge is -2.45. The zero-order chi connectivity index (χ0) is 31.1. The summed E-state index contributed by atoms with van der Waals surface area (Å²) in [5.74, 6) is -1.59. The summed E-state index contributed by atoms with van der Waals surface area (Å²) in [7, 11) is 1.61. The number of aliphatic hydroxyl groups excluding tert-OH is 1. The Hall–Kier alpha value is -2.79. The number of aliphatic hydroxyl groups is 1. The fourth-order valence-electron chi connectivity index (χ4n) is 6.56. The van der Waals surface area contributed by atoms with Gasteiger partial charge in [0.05, 0.1) is 18.1 Å². The summed E-state index contributed by atoms with van der Waals surface area (Å²) in [4.78, 5) is 42.2. The number of hydrogen-bond donors (Lipinski definition) is 4. The maximum absolute atomic E-state index is 13.5. The van der Waals surface area contributed by atoms with E-state index in [0.29, 0.717) is 13.0 Å². The highest BCUT2D eigenvalue weighted by atomic mass is 16.5. The number of fused-ring (bicyclic) bond motifs is 6. The Morgan fingerprint density at radius 1 is 0.977 bits per heavy atom. The zero-order valence-electron chi connectivity index (χ0n) is 26.4. The van der Waals surface area contributed by atoms with Crippen molar-refractivity contribution in [3.05, 3.63) is 41.5 Å². The Morgan fingerprint density at radius 3 is 2.51 bits per heavy atom. The molecular formula is C33H51N5O5. The molecule has 0 aliphatic carbocycles. The molecular weight excluding hydrogens is 546 g/mol. The number of carbonyl (C=O) groups excluding carboxylic acids is 3. The molecule has 10 heteroatoms. The molecule has 10 nitrogen and oxygen atoms in total. The van der Waals surface area contributed by atoms with Gasteiger partial charge in [0.15, 0.2) is 0 Å². The van der Waals surface area contributed by atoms with Crippen LogP contribution in [0.4, 0.5) is 0 Å². The van der Waals surface area contributed by atoms with Gasteiger partial charge < -0.3 is 20.5 Å². The number of hydrazine groups is 1. The average molecular weight is 598 g/mol. The molecule has 4 N–H and O–H groups in total. The van der Waals surface area contributed by atoms with Gasteiger partial charge in [0, 0.05) is 26.2 Å². The van der Waals surface area contributed by atoms with Crippen molar-refractivity contribution in [1.29, 1.82) is 0 Å². The van der Waals surface area contributed by atoms with E-state index in [9.17, 15) is 19.5 Å². The summed E-state index contributed by atoms with van der Waals surface area (Å²) >= 11 is 0. The van der Waals surface area contributed by atoms with Gasteiger partial charge in [-0.05, 0) is 62.5 Å². The molecule has 2 saturated heterocycles. The Labute approximate surface area is 256 Å². The number of methoxy groups -OCH3 is 1. The van der Waals surface area contributed by atoms with E-state index in [1.165, 1.54) is 10.6 Å². The summed E-state index contributed by atoms with van der Waals surface area (Å²) < 4.78 is 5.69. The topological polar surface area (TPSA) is 123 Å². The van der Waals surface area contributed by atoms with E-state index in [0.717, 1.165) is 50.6 Å². The van der Waals surface area contributed by atoms with Crippen LogP contribution < -0.4 is 16.1 Å². The van der Waals surface area contributed by atoms with E-state index in [4.69, 9.17) is 4.74 Å². The molecule has 4 rings (SSSR count). The molecule has 4 bridgehead atoms. The Kier molecular flexibility index (Phi) is 11.8. The van der Waals surface area contributed by atoms with Crippen molar-refractivity contribution in [2.75, 3.05) is 20.2 Å². The molecule has 1 unspecified atom stereocenters. The Balaban J connectivity index is 1.63. The highest BCUT2D eigenvalue weighted by Gasteiger charge is 2.38. The van der Waals surface area contributed by atoms with Gasteiger partial charge in [-0.15, -0.1) is 0 Å². The molecule has 3 amide bonds. The van der Waals surface area contributed by atoms with Crippen molar-refractivity contribution < 1.29 is 24.2 Å². The number of amides is 3. The van der Waals surface area contributed by atoms with Crippen LogP contribution in [-0.2, 0) is 19.1 Å². The molecule has 0 aromatic heterocycles. The van der Waals surface area contributed by atoms with Crippen molar-refractivity contribution >= 4 is 23.8 Å². The van der Waals surface area contributed by atoms with Crippen LogP contribution in [0.3, 0.4) is 0 Å². The molecule has 2 fully saturated rings. The molecule has 238 valence electrons. The van der Waals surface area contributed by atoms with Crippen molar-refractivity contribution in [3.8, 4) is 0 Å². The zero-order valence-corrected chi connectivity index (χ0v) is 26.4. The molecule has 43 heavy (non-hydrogen) atoms. The van der Waals surface area contributed by atoms with E-state index < -0.39 is 30.1 Å². The van der Waals surface area contributed by atoms with Gasteiger partial charge in [0.2, 0.25) is 11.8 Å². The summed E-state index contributed by atoms with van der Waals surface area (Å²) in [5.41, 5.74) is 5.54. The minimum Gasteiger partial charge on any atom is -0.381 e. The van der Waals surface area contributed by atoms with Crippen LogP contribution in [0.1, 0.15) is 89.8 Å². The van der Waals surface area contributed by atoms with Crippen molar-refractivity contribution in [2.24, 2.45) is 11.8 Å². The number of nitrogens with one attached hydrogen (secondary N) is 3. The second-order valence-electron chi connectivity index (χ2n) is 12.7. The third-order valence-electron chi connectivity index (χ3n) is 9.20. The summed E-state index contributed by atoms with van der Waals surface area (Å²) in [6.07, 6.45) is 9.04. The molecule has 1 aromatic rings. The number of carbonyl (C=O) groups is 3. The number of nitrogens with zero attached hydrogens (tertiary/aromatic N) is 2. The fourth-order valence-corrected chi connectivity index (χ4v) is 6.56. The van der Waals surface area contributed by atoms with E-state index >= 15 is 0 Å². The number of ether oxygens (including phenoxy) is 1. The third kappa shape index (κ3) is 8.23. The van der Waals surface area contributed by atoms with E-state index in [-0.39, 0.29) is 35.9 Å². The smallest absolute Gasteiger partial charge is 0.258 e. The first-order valence-electron chi connectivity index (χ1n) is 16.0. The van der Waals surface area contributed by atoms with Gasteiger partial charge in [0.25, 0.3) is 5.91 Å². The largest absolute Gasteiger partial charge is 0.381 e. The molecule has 0 radical (unpaired) electrons. The van der Waals surface area contributed by atoms with Gasteiger partial charge in [-0.2, -0.15) is 0 Å². The van der Waals surface area contributed by atoms with Crippen molar-refractivity contribution in [1.82, 2.24) is 26.0 Å². The van der Waals surface area contributed by atoms with E-state index in [1.54, 1.807) is 14.0 Å². The molecule has 3 heterocycles. The minimum atomic E-state index is -0.812. The van der Waals surface area contributed by atoms with Gasteiger partial charge in [0.1, 0.15) is 18.3 Å². The van der Waals surface area contributed by atoms with Gasteiger partial charge >= 0.3 is 0 Å². The van der Waals surface area contributed by atoms with Crippen LogP contribution >= 0.6 is 0 Å². The van der Waals surface area contributed by atoms with Crippen LogP contribution in [0.15, 0.2) is 30.3 Å². The number of rotatable bonds is 2. The maximum Gasteiger partial charge on any atom is 0.258 e. The molecule has 3 aliphatic heterocycles. The first-order valence-corrected chi connectivity index (χ1v) is 16.0. The predicted octanol–water partition coefficient (Wildman–Crippen LogP) is 3.13. The lowest BCUT2D eigenvalue weighted by Crippen LogP contribution is -2.63. The minimum absolute atomic E-state index is 0.0752. The normalized spacial score (nSPS) is 33.0. The van der Waals surface area contributed by atoms with Gasteiger partial charge in [-0.25, -0.2) is 5.43 Å². The van der Waals surface area contributed by atoms with Crippen LogP contribution in [0.25, 0.3) is 6.08 Å². The van der Waals surface area contributed by atoms with Crippen LogP contribution in [0, 0.1) is 11.8 Å². The highest BCUT2D eigenvalue weighted by Crippen LogP contribution is 2.34. The number of piperidine rings is 1. The predicted molar refractivity (Wildman–Crippen MR) is 166 cm³/mol. The Bertz CT molecular complexity index is 1140. The molecule has 7 atom stereocenters. The van der Waals surface area contributed by atoms with Crippen molar-refractivity contribution in [3.63, 3.8) is 0 Å². The van der Waals surface area contributed by atoms with Crippen LogP contribution in [0.5, 0.6) is 0 Å². The molecule has 0 spiro atoms. The van der Waals surface area contributed by atoms with E-state index in [1.807, 2.05) is 20.8 Å². The van der Waals surface area contributed by atoms with Gasteiger partial charge in [-0.1, -0.05) is 63.6 Å². The standard InChI is InChI=1S/C33H51N5O5/c1-21(2)29-31(40)34-23(4)32(41)38-19-11-15-26(36-38)33(42)37-18-9-8-16-27(37)25-14-10-13-24(20-25)12-6-7-17-28(43-5)22(3)30(39)35-29/h6,10,12-14,20-23,26-29,33,36,42H,7-9,11,15-19H2,1-5H3,(H,34,40)(H,35,39)/b12-6+/t22-,23+,26+,27+,28-,29+,33?/m1/s1. The third-order valence-corrected chi connectivity index (χ3v) is 9.20. The number of allylic oxidation sites excluding steroid dienone is 1. The molecule has 1 aromatic carbocycles. The monoisotopic (exact) mass is 597 g/mol. The average Bonchev–Trinajstić information content (AvgIpc) is 3.02. The molecule has 0 saturated carbocycles. The summed E-state index contributed by atoms with van der Waals surface area (Å²) in [6, 6.07) is 6.62. The van der Waals surface area contributed by atoms with E-state index in [2.05, 4.69) is 57.4 Å². The SMILES string of the molecule is CO[C@@H]1CC/C=C/c2cccc(c2)[C@@H]2CCCCN2C(O)[C@@H]2CCCN(N2)C(=O)[C@H](C)NC(=O)[C@H](C(C)C)NC(=O)[C@@H]1C. The lowest BCUT2D eigenvalue weighted by molar-refractivity contribution is -0.146. The quantitative estimate of drug-likeness (QED) is 0.413. The van der Waals surface area contributed by atoms with Crippen LogP contribution in [-0.4, -0.2) is 83.4 Å². The summed E-state index contributed by atoms with van der Waals surface area (Å²) in [6.45, 7) is 8.48. The Morgan fingerprint density at radius 2 is 1.77 bits per heavy atom. The number of hydrogen-bond acceptors (Lipinski definition) is 7. The maximum atomic E-state index is 13.5. The second-order valence-corrected chi connectivity index (χ2v) is 12.7. The van der Waals surface area contributed by atoms with Crippen LogP contribution in [0.2, 0.25) is 0 Å². The van der Waals surface area contributed by atoms with Crippen molar-refractivity contribution in [2.45, 2.75) is 109 Å². The highest BCUT2D eigenvalue weighted by molar-refractivity contribution is 5.92. The van der Waals surface area contributed by atoms with Gasteiger partial charge in [-0.3, -0.25) is 24.3 Å². The first-order chi connectivity index (χ1) is 20.6. The summed E-state index contributed by atoms with van der Waals surface area (Å²) in [5, 5.41) is 18.9. The molecule has 3 aliphatic rings. The fraction of sp³-hybridized carbons (Fsp3) is 0.667. The first kappa shape index (κ1) is 33.1.